The van der Waals surface area contributed by atoms with Crippen molar-refractivity contribution in [2.24, 2.45) is 0 Å². The van der Waals surface area contributed by atoms with Gasteiger partial charge in [0.25, 0.3) is 0 Å². The molecule has 0 saturated carbocycles. The highest BCUT2D eigenvalue weighted by Gasteiger charge is 1.99. The van der Waals surface area contributed by atoms with E-state index >= 15 is 0 Å². The largest absolute Gasteiger partial charge is 0.379 e. The molecule has 1 heterocycles. The summed E-state index contributed by atoms with van der Waals surface area (Å²) < 4.78 is 0. The number of thiazole rings is 1. The second kappa shape index (κ2) is 7.29. The zero-order chi connectivity index (χ0) is 13.5. The summed E-state index contributed by atoms with van der Waals surface area (Å²) in [5.74, 6) is 0. The lowest BCUT2D eigenvalue weighted by Crippen LogP contribution is -1.99. The van der Waals surface area contributed by atoms with Crippen molar-refractivity contribution in [1.82, 2.24) is 4.98 Å². The average Bonchev–Trinajstić information content (AvgIpc) is 2.84. The molecule has 19 heavy (non-hydrogen) atoms. The Labute approximate surface area is 119 Å². The lowest BCUT2D eigenvalue weighted by molar-refractivity contribution is 0.717. The molecule has 1 aromatic heterocycles. The molecule has 0 radical (unpaired) electrons. The van der Waals surface area contributed by atoms with Crippen molar-refractivity contribution in [3.63, 3.8) is 0 Å². The van der Waals surface area contributed by atoms with Crippen molar-refractivity contribution < 1.29 is 0 Å². The van der Waals surface area contributed by atoms with Crippen LogP contribution in [0.5, 0.6) is 0 Å². The third-order valence-corrected chi connectivity index (χ3v) is 3.99. The van der Waals surface area contributed by atoms with Crippen molar-refractivity contribution in [2.75, 3.05) is 5.32 Å². The maximum absolute atomic E-state index is 4.45. The fourth-order valence-electron chi connectivity index (χ4n) is 2.05. The minimum atomic E-state index is 0.805. The Morgan fingerprint density at radius 1 is 1.16 bits per heavy atom. The Balaban J connectivity index is 1.81. The monoisotopic (exact) mass is 274 g/mol. The molecular formula is C16H22N2S. The Bertz CT molecular complexity index is 488. The van der Waals surface area contributed by atoms with Crippen LogP contribution in [0.2, 0.25) is 0 Å². The van der Waals surface area contributed by atoms with Gasteiger partial charge in [0.2, 0.25) is 0 Å². The molecule has 0 unspecified atom stereocenters. The fourth-order valence-corrected chi connectivity index (χ4v) is 2.66. The van der Waals surface area contributed by atoms with Crippen LogP contribution in [-0.2, 0) is 13.0 Å². The lowest BCUT2D eigenvalue weighted by Gasteiger charge is -2.06. The van der Waals surface area contributed by atoms with Crippen LogP contribution < -0.4 is 5.32 Å². The summed E-state index contributed by atoms with van der Waals surface area (Å²) in [5, 5.41) is 6.65. The molecule has 0 saturated heterocycles. The lowest BCUT2D eigenvalue weighted by atomic mass is 10.1. The molecule has 2 aromatic rings. The first-order valence-corrected chi connectivity index (χ1v) is 7.89. The molecule has 2 nitrogen and oxygen atoms in total. The molecule has 0 atom stereocenters. The third-order valence-electron chi connectivity index (χ3n) is 3.16. The van der Waals surface area contributed by atoms with Crippen molar-refractivity contribution in [3.8, 4) is 0 Å². The van der Waals surface area contributed by atoms with E-state index in [9.17, 15) is 0 Å². The first-order chi connectivity index (χ1) is 9.28. The highest BCUT2D eigenvalue weighted by atomic mass is 32.1. The van der Waals surface area contributed by atoms with Crippen LogP contribution in [0.25, 0.3) is 0 Å². The van der Waals surface area contributed by atoms with E-state index in [2.05, 4.69) is 46.9 Å². The minimum absolute atomic E-state index is 0.805. The Hall–Kier alpha value is -1.35. The van der Waals surface area contributed by atoms with E-state index < -0.39 is 0 Å². The van der Waals surface area contributed by atoms with E-state index in [1.165, 1.54) is 36.9 Å². The van der Waals surface area contributed by atoms with Crippen molar-refractivity contribution in [3.05, 3.63) is 45.9 Å². The van der Waals surface area contributed by atoms with E-state index in [0.29, 0.717) is 0 Å². The molecule has 3 heteroatoms. The van der Waals surface area contributed by atoms with E-state index in [-0.39, 0.29) is 0 Å². The maximum Gasteiger partial charge on any atom is 0.0898 e. The molecule has 2 rings (SSSR count). The third kappa shape index (κ3) is 4.67. The number of rotatable bonds is 7. The number of hydrogen-bond donors (Lipinski definition) is 1. The predicted octanol–water partition coefficient (Wildman–Crippen LogP) is 4.80. The predicted molar refractivity (Wildman–Crippen MR) is 83.8 cm³/mol. The van der Waals surface area contributed by atoms with Crippen LogP contribution in [0.15, 0.2) is 29.6 Å². The van der Waals surface area contributed by atoms with Gasteiger partial charge in [-0.2, -0.15) is 0 Å². The zero-order valence-electron chi connectivity index (χ0n) is 11.8. The van der Waals surface area contributed by atoms with Gasteiger partial charge in [0.05, 0.1) is 17.2 Å². The average molecular weight is 274 g/mol. The summed E-state index contributed by atoms with van der Waals surface area (Å²) >= 11 is 1.70. The molecule has 1 aromatic carbocycles. The van der Waals surface area contributed by atoms with E-state index in [1.807, 2.05) is 6.92 Å². The molecule has 0 aliphatic carbocycles. The number of aromatic nitrogens is 1. The molecule has 0 fully saturated rings. The molecule has 0 amide bonds. The SMILES string of the molecule is CCCCCc1ccc(NCc2csc(C)n2)cc1. The first-order valence-electron chi connectivity index (χ1n) is 7.01. The smallest absolute Gasteiger partial charge is 0.0898 e. The Kier molecular flexibility index (Phi) is 5.40. The van der Waals surface area contributed by atoms with Crippen LogP contribution in [0.4, 0.5) is 5.69 Å². The topological polar surface area (TPSA) is 24.9 Å². The second-order valence-electron chi connectivity index (χ2n) is 4.87. The second-order valence-corrected chi connectivity index (χ2v) is 5.93. The van der Waals surface area contributed by atoms with Gasteiger partial charge < -0.3 is 5.32 Å². The molecule has 0 aliphatic heterocycles. The van der Waals surface area contributed by atoms with Gasteiger partial charge in [-0.15, -0.1) is 11.3 Å². The summed E-state index contributed by atoms with van der Waals surface area (Å²) in [5.41, 5.74) is 3.72. The number of aryl methyl sites for hydroxylation is 2. The highest BCUT2D eigenvalue weighted by Crippen LogP contribution is 2.14. The minimum Gasteiger partial charge on any atom is -0.379 e. The van der Waals surface area contributed by atoms with Gasteiger partial charge >= 0.3 is 0 Å². The van der Waals surface area contributed by atoms with Gasteiger partial charge in [-0.3, -0.25) is 0 Å². The summed E-state index contributed by atoms with van der Waals surface area (Å²) in [6.45, 7) is 5.09. The molecule has 0 aliphatic rings. The van der Waals surface area contributed by atoms with Gasteiger partial charge in [-0.25, -0.2) is 4.98 Å². The summed E-state index contributed by atoms with van der Waals surface area (Å²) in [6, 6.07) is 8.79. The standard InChI is InChI=1S/C16H22N2S/c1-3-4-5-6-14-7-9-15(10-8-14)17-11-16-12-19-13(2)18-16/h7-10,12,17H,3-6,11H2,1-2H3. The number of benzene rings is 1. The molecule has 0 spiro atoms. The van der Waals surface area contributed by atoms with Crippen molar-refractivity contribution in [2.45, 2.75) is 46.1 Å². The Morgan fingerprint density at radius 2 is 1.95 bits per heavy atom. The van der Waals surface area contributed by atoms with Gasteiger partial charge in [-0.1, -0.05) is 31.9 Å². The first kappa shape index (κ1) is 14.1. The van der Waals surface area contributed by atoms with Crippen LogP contribution in [-0.4, -0.2) is 4.98 Å². The number of nitrogens with one attached hydrogen (secondary N) is 1. The number of anilines is 1. The molecule has 102 valence electrons. The van der Waals surface area contributed by atoms with E-state index in [0.717, 1.165) is 17.2 Å². The van der Waals surface area contributed by atoms with Gasteiger partial charge in [0, 0.05) is 11.1 Å². The number of nitrogens with zero attached hydrogens (tertiary/aromatic N) is 1. The van der Waals surface area contributed by atoms with Gasteiger partial charge in [0.1, 0.15) is 0 Å². The summed E-state index contributed by atoms with van der Waals surface area (Å²) in [4.78, 5) is 4.45. The van der Waals surface area contributed by atoms with Crippen LogP contribution in [0.3, 0.4) is 0 Å². The van der Waals surface area contributed by atoms with Gasteiger partial charge in [-0.05, 0) is 37.5 Å². The van der Waals surface area contributed by atoms with Crippen LogP contribution >= 0.6 is 11.3 Å². The molecule has 1 N–H and O–H groups in total. The highest BCUT2D eigenvalue weighted by molar-refractivity contribution is 7.09. The van der Waals surface area contributed by atoms with E-state index in [1.54, 1.807) is 11.3 Å². The summed E-state index contributed by atoms with van der Waals surface area (Å²) in [7, 11) is 0. The molecular weight excluding hydrogens is 252 g/mol. The van der Waals surface area contributed by atoms with E-state index in [4.69, 9.17) is 0 Å². The van der Waals surface area contributed by atoms with Crippen molar-refractivity contribution >= 4 is 17.0 Å². The van der Waals surface area contributed by atoms with Crippen molar-refractivity contribution in [1.29, 1.82) is 0 Å². The number of hydrogen-bond acceptors (Lipinski definition) is 3. The zero-order valence-corrected chi connectivity index (χ0v) is 12.6. The maximum atomic E-state index is 4.45. The normalized spacial score (nSPS) is 10.6. The fraction of sp³-hybridized carbons (Fsp3) is 0.438. The summed E-state index contributed by atoms with van der Waals surface area (Å²) in [6.07, 6.45) is 5.09. The van der Waals surface area contributed by atoms with Crippen LogP contribution in [0.1, 0.15) is 42.5 Å². The number of unbranched alkanes of at least 4 members (excludes halogenated alkanes) is 2. The quantitative estimate of drug-likeness (QED) is 0.734. The van der Waals surface area contributed by atoms with Gasteiger partial charge in [0.15, 0.2) is 0 Å². The van der Waals surface area contributed by atoms with Crippen LogP contribution in [0, 0.1) is 6.92 Å². The Morgan fingerprint density at radius 3 is 2.58 bits per heavy atom. The molecule has 0 bridgehead atoms.